The molecule has 0 aromatic heterocycles. The summed E-state index contributed by atoms with van der Waals surface area (Å²) in [5, 5.41) is 8.94. The highest BCUT2D eigenvalue weighted by molar-refractivity contribution is 5.96. The van der Waals surface area contributed by atoms with Crippen LogP contribution in [0.3, 0.4) is 0 Å². The number of hydrogen-bond acceptors (Lipinski definition) is 9. The van der Waals surface area contributed by atoms with Crippen molar-refractivity contribution < 1.29 is 64.8 Å². The summed E-state index contributed by atoms with van der Waals surface area (Å²) in [7, 11) is 0. The summed E-state index contributed by atoms with van der Waals surface area (Å²) in [6.45, 7) is 1.78. The SMILES string of the molecule is Cc1cc(OC(F)(F)F)cc2c1OC(C(F)(F)F)C(C(=O)O[C@@H](C)OC(=O)CCCO[N+](=O)[O-])=C2. The van der Waals surface area contributed by atoms with Gasteiger partial charge in [0.15, 0.2) is 0 Å². The maximum absolute atomic E-state index is 13.6. The Bertz CT molecular complexity index is 1010. The number of nitrogens with zero attached hydrogens (tertiary/aromatic N) is 1. The predicted molar refractivity (Wildman–Crippen MR) is 100 cm³/mol. The van der Waals surface area contributed by atoms with E-state index in [0.717, 1.165) is 19.1 Å². The standard InChI is InChI=1S/C19H17F6NO9/c1-9-6-12(35-19(23,24)25)7-11-8-13(16(18(20,21)22)34-15(9)11)17(28)33-10(2)32-14(27)4-3-5-31-26(29)30/h6-8,10,16H,3-5H2,1-2H3/t10-,16?/m0/s1. The van der Waals surface area contributed by atoms with E-state index in [2.05, 4.69) is 9.57 Å². The summed E-state index contributed by atoms with van der Waals surface area (Å²) >= 11 is 0. The molecule has 0 amide bonds. The molecule has 1 aliphatic heterocycles. The molecule has 0 bridgehead atoms. The van der Waals surface area contributed by atoms with Crippen molar-refractivity contribution in [2.75, 3.05) is 6.61 Å². The first kappa shape index (κ1) is 27.5. The number of esters is 2. The Morgan fingerprint density at radius 1 is 1.17 bits per heavy atom. The molecule has 0 saturated heterocycles. The Balaban J connectivity index is 2.19. The average molecular weight is 517 g/mol. The van der Waals surface area contributed by atoms with Gasteiger partial charge in [-0.05, 0) is 37.1 Å². The summed E-state index contributed by atoms with van der Waals surface area (Å²) in [4.78, 5) is 38.1. The molecule has 10 nitrogen and oxygen atoms in total. The van der Waals surface area contributed by atoms with E-state index in [4.69, 9.17) is 14.2 Å². The molecule has 0 spiro atoms. The second-order valence-corrected chi connectivity index (χ2v) is 6.97. The summed E-state index contributed by atoms with van der Waals surface area (Å²) < 4.78 is 96.4. The fourth-order valence-corrected chi connectivity index (χ4v) is 2.90. The number of carbonyl (C=O) groups is 2. The number of alkyl halides is 6. The molecule has 1 heterocycles. The zero-order valence-corrected chi connectivity index (χ0v) is 17.9. The van der Waals surface area contributed by atoms with Crippen LogP contribution in [0.25, 0.3) is 6.08 Å². The van der Waals surface area contributed by atoms with Crippen molar-refractivity contribution in [1.29, 1.82) is 0 Å². The van der Waals surface area contributed by atoms with E-state index in [9.17, 15) is 46.0 Å². The van der Waals surface area contributed by atoms with E-state index in [0.29, 0.717) is 6.08 Å². The first-order valence-corrected chi connectivity index (χ1v) is 9.60. The predicted octanol–water partition coefficient (Wildman–Crippen LogP) is 4.02. The number of aryl methyl sites for hydroxylation is 1. The smallest absolute Gasteiger partial charge is 0.475 e. The minimum atomic E-state index is -5.12. The number of fused-ring (bicyclic) bond motifs is 1. The van der Waals surface area contributed by atoms with Crippen LogP contribution < -0.4 is 9.47 Å². The molecule has 1 unspecified atom stereocenters. The van der Waals surface area contributed by atoms with Crippen LogP contribution in [0.1, 0.15) is 30.9 Å². The third kappa shape index (κ3) is 8.22. The van der Waals surface area contributed by atoms with Crippen molar-refractivity contribution >= 4 is 18.0 Å². The van der Waals surface area contributed by atoms with Crippen LogP contribution in [-0.4, -0.2) is 48.6 Å². The lowest BCUT2D eigenvalue weighted by Gasteiger charge is -2.29. The van der Waals surface area contributed by atoms with Gasteiger partial charge in [0.1, 0.15) is 11.5 Å². The number of hydrogen-bond donors (Lipinski definition) is 0. The molecule has 1 aromatic rings. The Morgan fingerprint density at radius 3 is 2.40 bits per heavy atom. The molecule has 1 aromatic carbocycles. The van der Waals surface area contributed by atoms with Gasteiger partial charge in [0.25, 0.3) is 5.09 Å². The first-order valence-electron chi connectivity index (χ1n) is 9.60. The fourth-order valence-electron chi connectivity index (χ4n) is 2.90. The molecule has 2 rings (SSSR count). The molecule has 0 saturated carbocycles. The number of benzene rings is 1. The summed E-state index contributed by atoms with van der Waals surface area (Å²) in [5.74, 6) is -3.78. The second kappa shape index (κ2) is 10.7. The van der Waals surface area contributed by atoms with Gasteiger partial charge in [-0.25, -0.2) is 4.79 Å². The lowest BCUT2D eigenvalue weighted by Crippen LogP contribution is -2.41. The van der Waals surface area contributed by atoms with Crippen LogP contribution in [0.15, 0.2) is 17.7 Å². The van der Waals surface area contributed by atoms with Gasteiger partial charge in [0.05, 0.1) is 12.2 Å². The summed E-state index contributed by atoms with van der Waals surface area (Å²) in [6, 6.07) is 1.54. The van der Waals surface area contributed by atoms with Crippen LogP contribution in [0.4, 0.5) is 26.3 Å². The third-order valence-electron chi connectivity index (χ3n) is 4.16. The Labute approximate surface area is 192 Å². The lowest BCUT2D eigenvalue weighted by molar-refractivity contribution is -0.757. The monoisotopic (exact) mass is 517 g/mol. The minimum absolute atomic E-state index is 0.122. The quantitative estimate of drug-likeness (QED) is 0.119. The minimum Gasteiger partial charge on any atom is -0.475 e. The number of rotatable bonds is 9. The first-order chi connectivity index (χ1) is 16.1. The number of carbonyl (C=O) groups excluding carboxylic acids is 2. The van der Waals surface area contributed by atoms with Gasteiger partial charge >= 0.3 is 24.5 Å². The highest BCUT2D eigenvalue weighted by atomic mass is 19.4. The second-order valence-electron chi connectivity index (χ2n) is 6.97. The molecule has 0 fully saturated rings. The van der Waals surface area contributed by atoms with Crippen LogP contribution in [0, 0.1) is 17.0 Å². The van der Waals surface area contributed by atoms with E-state index in [1.807, 2.05) is 0 Å². The number of ether oxygens (including phenoxy) is 4. The molecule has 0 radical (unpaired) electrons. The van der Waals surface area contributed by atoms with Gasteiger partial charge in [-0.3, -0.25) is 4.79 Å². The van der Waals surface area contributed by atoms with Crippen molar-refractivity contribution in [2.24, 2.45) is 0 Å². The van der Waals surface area contributed by atoms with Crippen molar-refractivity contribution in [3.63, 3.8) is 0 Å². The molecule has 194 valence electrons. The third-order valence-corrected chi connectivity index (χ3v) is 4.16. The summed E-state index contributed by atoms with van der Waals surface area (Å²) in [5.41, 5.74) is -1.55. The van der Waals surface area contributed by atoms with E-state index in [-0.39, 0.29) is 24.0 Å². The van der Waals surface area contributed by atoms with Gasteiger partial charge in [-0.1, -0.05) is 0 Å². The summed E-state index contributed by atoms with van der Waals surface area (Å²) in [6.07, 6.45) is -14.6. The topological polar surface area (TPSA) is 123 Å². The zero-order chi connectivity index (χ0) is 26.6. The maximum atomic E-state index is 13.6. The van der Waals surface area contributed by atoms with Gasteiger partial charge in [0, 0.05) is 18.9 Å². The van der Waals surface area contributed by atoms with Crippen LogP contribution in [-0.2, 0) is 23.9 Å². The van der Waals surface area contributed by atoms with Gasteiger partial charge < -0.3 is 23.8 Å². The van der Waals surface area contributed by atoms with Crippen LogP contribution >= 0.6 is 0 Å². The van der Waals surface area contributed by atoms with Crippen molar-refractivity contribution in [3.8, 4) is 11.5 Å². The Morgan fingerprint density at radius 2 is 1.83 bits per heavy atom. The molecule has 16 heteroatoms. The van der Waals surface area contributed by atoms with E-state index in [1.165, 1.54) is 6.92 Å². The Hall–Kier alpha value is -3.72. The van der Waals surface area contributed by atoms with Crippen molar-refractivity contribution in [1.82, 2.24) is 0 Å². The van der Waals surface area contributed by atoms with Crippen LogP contribution in [0.2, 0.25) is 0 Å². The molecule has 35 heavy (non-hydrogen) atoms. The molecule has 0 N–H and O–H groups in total. The number of halogens is 6. The van der Waals surface area contributed by atoms with Gasteiger partial charge in [-0.15, -0.1) is 23.3 Å². The van der Waals surface area contributed by atoms with E-state index < -0.39 is 65.6 Å². The highest BCUT2D eigenvalue weighted by Crippen LogP contribution is 2.41. The largest absolute Gasteiger partial charge is 0.573 e. The molecule has 2 atom stereocenters. The zero-order valence-electron chi connectivity index (χ0n) is 17.9. The van der Waals surface area contributed by atoms with E-state index in [1.54, 1.807) is 0 Å². The molecular formula is C19H17F6NO9. The van der Waals surface area contributed by atoms with Crippen LogP contribution in [0.5, 0.6) is 11.5 Å². The van der Waals surface area contributed by atoms with Gasteiger partial charge in [0.2, 0.25) is 12.4 Å². The van der Waals surface area contributed by atoms with Crippen molar-refractivity contribution in [3.05, 3.63) is 38.9 Å². The normalized spacial score (nSPS) is 16.2. The fraction of sp³-hybridized carbons (Fsp3) is 0.474. The van der Waals surface area contributed by atoms with E-state index >= 15 is 0 Å². The molecule has 0 aliphatic carbocycles. The lowest BCUT2D eigenvalue weighted by atomic mass is 9.99. The average Bonchev–Trinajstić information content (AvgIpc) is 2.68. The molecular weight excluding hydrogens is 500 g/mol. The maximum Gasteiger partial charge on any atom is 0.573 e. The van der Waals surface area contributed by atoms with Gasteiger partial charge in [-0.2, -0.15) is 13.2 Å². The highest BCUT2D eigenvalue weighted by Gasteiger charge is 2.49. The molecule has 1 aliphatic rings. The Kier molecular flexibility index (Phi) is 8.41. The van der Waals surface area contributed by atoms with Crippen molar-refractivity contribution in [2.45, 2.75) is 51.6 Å².